The molecule has 38 heavy (non-hydrogen) atoms. The van der Waals surface area contributed by atoms with E-state index in [-0.39, 0.29) is 47.1 Å². The van der Waals surface area contributed by atoms with Crippen molar-refractivity contribution < 1.29 is 40.9 Å². The van der Waals surface area contributed by atoms with Gasteiger partial charge in [0.2, 0.25) is 6.33 Å². The van der Waals surface area contributed by atoms with Crippen LogP contribution in [-0.2, 0) is 30.9 Å². The fourth-order valence-electron chi connectivity index (χ4n) is 4.30. The number of hydrogen-bond acceptors (Lipinski definition) is 2. The SMILES string of the molecule is Fc1ccc2c(c1)CC(Cn1cc[n+](CC(OCc3ccc(Cl)cc3Cl)c3ccc(Cl)cc3Cl)c1)O2.O.[Br-]. The molecule has 4 aromatic rings. The number of ether oxygens (including phenoxy) is 2. The minimum atomic E-state index is -0.364. The van der Waals surface area contributed by atoms with E-state index in [9.17, 15) is 4.39 Å². The smallest absolute Gasteiger partial charge is 0.243 e. The summed E-state index contributed by atoms with van der Waals surface area (Å²) in [6, 6.07) is 15.3. The number of benzene rings is 3. The summed E-state index contributed by atoms with van der Waals surface area (Å²) in [7, 11) is 0. The predicted molar refractivity (Wildman–Crippen MR) is 143 cm³/mol. The molecule has 3 aromatic carbocycles. The Bertz CT molecular complexity index is 1400. The molecule has 0 radical (unpaired) electrons. The molecule has 1 aromatic heterocycles. The number of halogens is 6. The Labute approximate surface area is 250 Å². The molecule has 202 valence electrons. The van der Waals surface area contributed by atoms with Gasteiger partial charge in [0, 0.05) is 37.6 Å². The van der Waals surface area contributed by atoms with E-state index in [2.05, 4.69) is 0 Å². The Morgan fingerprint density at radius 2 is 1.74 bits per heavy atom. The highest BCUT2D eigenvalue weighted by atomic mass is 79.9. The lowest BCUT2D eigenvalue weighted by atomic mass is 10.1. The van der Waals surface area contributed by atoms with Crippen LogP contribution in [0.3, 0.4) is 0 Å². The van der Waals surface area contributed by atoms with E-state index in [0.717, 1.165) is 22.4 Å². The molecule has 1 aliphatic heterocycles. The van der Waals surface area contributed by atoms with Crippen molar-refractivity contribution in [1.82, 2.24) is 4.57 Å². The molecule has 0 bridgehead atoms. The van der Waals surface area contributed by atoms with Gasteiger partial charge in [0.05, 0.1) is 6.61 Å². The van der Waals surface area contributed by atoms with Gasteiger partial charge in [0.15, 0.2) is 0 Å². The first-order valence-corrected chi connectivity index (χ1v) is 12.9. The minimum Gasteiger partial charge on any atom is -1.00 e. The summed E-state index contributed by atoms with van der Waals surface area (Å²) in [6.07, 6.45) is 6.17. The zero-order valence-corrected chi connectivity index (χ0v) is 24.5. The zero-order chi connectivity index (χ0) is 25.2. The molecule has 0 saturated carbocycles. The third-order valence-electron chi connectivity index (χ3n) is 6.07. The van der Waals surface area contributed by atoms with Crippen molar-refractivity contribution in [1.29, 1.82) is 0 Å². The van der Waals surface area contributed by atoms with Crippen LogP contribution in [0.4, 0.5) is 4.39 Å². The largest absolute Gasteiger partial charge is 1.00 e. The molecule has 2 atom stereocenters. The van der Waals surface area contributed by atoms with E-state index in [1.807, 2.05) is 40.0 Å². The van der Waals surface area contributed by atoms with Gasteiger partial charge in [-0.25, -0.2) is 13.5 Å². The maximum absolute atomic E-state index is 13.5. The summed E-state index contributed by atoms with van der Waals surface area (Å²) in [4.78, 5) is 0. The minimum absolute atomic E-state index is 0. The molecular weight excluding hydrogens is 641 g/mol. The zero-order valence-electron chi connectivity index (χ0n) is 19.9. The summed E-state index contributed by atoms with van der Waals surface area (Å²) < 4.78 is 29.9. The normalized spacial score (nSPS) is 14.7. The number of rotatable bonds is 8. The average Bonchev–Trinajstić information content (AvgIpc) is 3.43. The van der Waals surface area contributed by atoms with Crippen LogP contribution in [0.2, 0.25) is 20.1 Å². The first-order valence-electron chi connectivity index (χ1n) is 11.3. The lowest BCUT2D eigenvalue weighted by molar-refractivity contribution is -0.705. The molecule has 11 heteroatoms. The molecule has 0 spiro atoms. The molecule has 0 saturated heterocycles. The van der Waals surface area contributed by atoms with Crippen LogP contribution < -0.4 is 26.3 Å². The molecule has 0 amide bonds. The second-order valence-corrected chi connectivity index (χ2v) is 10.4. The predicted octanol–water partition coefficient (Wildman–Crippen LogP) is 3.67. The van der Waals surface area contributed by atoms with Gasteiger partial charge < -0.3 is 31.9 Å². The number of imidazole rings is 1. The van der Waals surface area contributed by atoms with E-state index in [1.165, 1.54) is 12.1 Å². The first-order chi connectivity index (χ1) is 17.3. The third kappa shape index (κ3) is 7.42. The number of fused-ring (bicyclic) bond motifs is 1. The van der Waals surface area contributed by atoms with Crippen molar-refractivity contribution >= 4 is 46.4 Å². The number of nitrogens with zero attached hydrogens (tertiary/aromatic N) is 2. The second-order valence-electron chi connectivity index (χ2n) is 8.70. The summed E-state index contributed by atoms with van der Waals surface area (Å²) in [5.41, 5.74) is 2.54. The fraction of sp³-hybridized carbons (Fsp3) is 0.222. The Morgan fingerprint density at radius 1 is 1.00 bits per heavy atom. The highest BCUT2D eigenvalue weighted by molar-refractivity contribution is 6.35. The van der Waals surface area contributed by atoms with Crippen LogP contribution in [-0.4, -0.2) is 16.1 Å². The maximum atomic E-state index is 13.5. The van der Waals surface area contributed by atoms with Crippen molar-refractivity contribution in [2.24, 2.45) is 0 Å². The summed E-state index contributed by atoms with van der Waals surface area (Å²) in [6.45, 7) is 1.43. The van der Waals surface area contributed by atoms with Gasteiger partial charge in [0.25, 0.3) is 0 Å². The number of aromatic nitrogens is 2. The van der Waals surface area contributed by atoms with Crippen LogP contribution in [0.1, 0.15) is 22.8 Å². The van der Waals surface area contributed by atoms with Gasteiger partial charge >= 0.3 is 0 Å². The molecule has 5 rings (SSSR count). The highest BCUT2D eigenvalue weighted by Crippen LogP contribution is 2.32. The Kier molecular flexibility index (Phi) is 10.9. The van der Waals surface area contributed by atoms with E-state index < -0.39 is 0 Å². The van der Waals surface area contributed by atoms with Gasteiger partial charge in [0.1, 0.15) is 49.3 Å². The standard InChI is InChI=1S/C27H22Cl4FN2O2.BrH.H2O/c28-19-2-1-17(24(30)11-19)15-35-27(23-5-3-20(29)12-25(23)31)14-34-8-7-33(16-34)13-22-10-18-9-21(32)4-6-26(18)36-22;;/h1-9,11-12,16,22,27H,10,13-15H2;1H;1H2/q+1;;/p-1. The molecule has 0 fully saturated rings. The van der Waals surface area contributed by atoms with Gasteiger partial charge in [-0.15, -0.1) is 0 Å². The topological polar surface area (TPSA) is 58.8 Å². The Morgan fingerprint density at radius 3 is 2.47 bits per heavy atom. The van der Waals surface area contributed by atoms with Crippen molar-refractivity contribution in [3.8, 4) is 5.75 Å². The van der Waals surface area contributed by atoms with Gasteiger partial charge in [-0.05, 0) is 48.0 Å². The third-order valence-corrected chi connectivity index (χ3v) is 7.21. The Balaban J connectivity index is 0.00000200. The van der Waals surface area contributed by atoms with Gasteiger partial charge in [-0.3, -0.25) is 0 Å². The van der Waals surface area contributed by atoms with E-state index in [0.29, 0.717) is 39.6 Å². The molecule has 1 aliphatic rings. The van der Waals surface area contributed by atoms with Crippen LogP contribution >= 0.6 is 46.4 Å². The van der Waals surface area contributed by atoms with Gasteiger partial charge in [-0.2, -0.15) is 0 Å². The number of hydrogen-bond donors (Lipinski definition) is 0. The fourth-order valence-corrected chi connectivity index (χ4v) is 5.30. The van der Waals surface area contributed by atoms with Crippen LogP contribution in [0.15, 0.2) is 73.3 Å². The molecule has 2 N–H and O–H groups in total. The van der Waals surface area contributed by atoms with Crippen molar-refractivity contribution in [3.05, 3.63) is 116 Å². The summed E-state index contributed by atoms with van der Waals surface area (Å²) in [5, 5.41) is 2.19. The lowest BCUT2D eigenvalue weighted by Crippen LogP contribution is -3.00. The van der Waals surface area contributed by atoms with Gasteiger partial charge in [-0.1, -0.05) is 58.5 Å². The molecule has 2 unspecified atom stereocenters. The first kappa shape index (κ1) is 30.7. The van der Waals surface area contributed by atoms with Crippen LogP contribution in [0.5, 0.6) is 5.75 Å². The molecule has 5 nitrogen and oxygen atoms in total. The van der Waals surface area contributed by atoms with Crippen LogP contribution in [0.25, 0.3) is 0 Å². The van der Waals surface area contributed by atoms with Crippen molar-refractivity contribution in [2.45, 2.75) is 38.3 Å². The summed E-state index contributed by atoms with van der Waals surface area (Å²) in [5.74, 6) is 0.497. The molecule has 0 aliphatic carbocycles. The van der Waals surface area contributed by atoms with E-state index in [4.69, 9.17) is 55.9 Å². The van der Waals surface area contributed by atoms with Crippen LogP contribution in [0, 0.1) is 5.82 Å². The quantitative estimate of drug-likeness (QED) is 0.270. The second kappa shape index (κ2) is 13.5. The molecule has 2 heterocycles. The highest BCUT2D eigenvalue weighted by Gasteiger charge is 2.26. The maximum Gasteiger partial charge on any atom is 0.243 e. The van der Waals surface area contributed by atoms with Crippen molar-refractivity contribution in [2.75, 3.05) is 0 Å². The monoisotopic (exact) mass is 662 g/mol. The summed E-state index contributed by atoms with van der Waals surface area (Å²) >= 11 is 25.0. The Hall–Kier alpha value is -1.84. The lowest BCUT2D eigenvalue weighted by Gasteiger charge is -2.19. The van der Waals surface area contributed by atoms with E-state index >= 15 is 0 Å². The van der Waals surface area contributed by atoms with Crippen molar-refractivity contribution in [3.63, 3.8) is 0 Å². The average molecular weight is 665 g/mol. The molecular formula is C27H24BrCl4FN2O3. The van der Waals surface area contributed by atoms with E-state index in [1.54, 1.807) is 30.3 Å².